The Hall–Kier alpha value is -1.33. The number of aromatic nitrogens is 2. The molecule has 4 nitrogen and oxygen atoms in total. The van der Waals surface area contributed by atoms with E-state index < -0.39 is 0 Å². The summed E-state index contributed by atoms with van der Waals surface area (Å²) in [4.78, 5) is 4.42. The summed E-state index contributed by atoms with van der Waals surface area (Å²) in [6, 6.07) is 8.16. The molecule has 2 rings (SSSR count). The van der Waals surface area contributed by atoms with Gasteiger partial charge in [-0.1, -0.05) is 23.4 Å². The molecule has 0 bridgehead atoms. The second-order valence-electron chi connectivity index (χ2n) is 3.96. The van der Waals surface area contributed by atoms with Gasteiger partial charge in [-0.05, 0) is 37.9 Å². The molecule has 2 aromatic rings. The largest absolute Gasteiger partial charge is 0.334 e. The maximum absolute atomic E-state index is 5.33. The van der Waals surface area contributed by atoms with Crippen molar-refractivity contribution in [1.82, 2.24) is 15.5 Å². The Balaban J connectivity index is 2.25. The zero-order chi connectivity index (χ0) is 12.8. The Morgan fingerprint density at radius 1 is 1.33 bits per heavy atom. The molecule has 0 fully saturated rings. The first-order valence-corrected chi connectivity index (χ1v) is 7.29. The fourth-order valence-electron chi connectivity index (χ4n) is 1.76. The van der Waals surface area contributed by atoms with Crippen molar-refractivity contribution in [3.63, 3.8) is 0 Å². The summed E-state index contributed by atoms with van der Waals surface area (Å²) in [5.74, 6) is 2.15. The molecule has 0 aliphatic rings. The van der Waals surface area contributed by atoms with Crippen LogP contribution in [0.15, 0.2) is 28.8 Å². The van der Waals surface area contributed by atoms with Crippen molar-refractivity contribution in [2.24, 2.45) is 0 Å². The van der Waals surface area contributed by atoms with Crippen molar-refractivity contribution in [2.75, 3.05) is 19.8 Å². The van der Waals surface area contributed by atoms with E-state index in [0.717, 1.165) is 30.1 Å². The number of thioether (sulfide) groups is 1. The van der Waals surface area contributed by atoms with Crippen molar-refractivity contribution < 1.29 is 4.52 Å². The molecule has 1 aromatic heterocycles. The molecule has 1 heterocycles. The maximum Gasteiger partial charge on any atom is 0.258 e. The van der Waals surface area contributed by atoms with Crippen LogP contribution >= 0.6 is 11.8 Å². The highest BCUT2D eigenvalue weighted by molar-refractivity contribution is 7.97. The van der Waals surface area contributed by atoms with Crippen LogP contribution in [0.2, 0.25) is 0 Å². The first-order valence-electron chi connectivity index (χ1n) is 5.89. The van der Waals surface area contributed by atoms with Crippen molar-refractivity contribution >= 4 is 11.8 Å². The van der Waals surface area contributed by atoms with Crippen LogP contribution in [0, 0.1) is 0 Å². The molecular weight excluding hydrogens is 246 g/mol. The van der Waals surface area contributed by atoms with Gasteiger partial charge in [0.1, 0.15) is 0 Å². The maximum atomic E-state index is 5.33. The van der Waals surface area contributed by atoms with E-state index in [9.17, 15) is 0 Å². The number of hydrogen-bond donors (Lipinski definition) is 1. The van der Waals surface area contributed by atoms with Crippen molar-refractivity contribution in [3.8, 4) is 11.5 Å². The molecule has 0 atom stereocenters. The van der Waals surface area contributed by atoms with Gasteiger partial charge in [-0.15, -0.1) is 0 Å². The van der Waals surface area contributed by atoms with E-state index in [1.54, 1.807) is 11.8 Å². The van der Waals surface area contributed by atoms with Crippen LogP contribution in [0.3, 0.4) is 0 Å². The number of nitrogens with one attached hydrogen (secondary N) is 1. The van der Waals surface area contributed by atoms with E-state index in [0.29, 0.717) is 5.89 Å². The van der Waals surface area contributed by atoms with E-state index in [4.69, 9.17) is 4.52 Å². The standard InChI is InChI=1S/C13H17N3OS/c1-14-8-7-10-5-3-4-6-11(10)13-15-12(9-18-2)16-17-13/h3-6,14H,7-9H2,1-2H3. The highest BCUT2D eigenvalue weighted by Gasteiger charge is 2.11. The van der Waals surface area contributed by atoms with Gasteiger partial charge in [0.2, 0.25) is 0 Å². The van der Waals surface area contributed by atoms with E-state index in [1.807, 2.05) is 31.5 Å². The molecule has 1 N–H and O–H groups in total. The number of rotatable bonds is 6. The van der Waals surface area contributed by atoms with Crippen LogP contribution in [0.25, 0.3) is 11.5 Å². The van der Waals surface area contributed by atoms with Crippen molar-refractivity contribution in [3.05, 3.63) is 35.7 Å². The average Bonchev–Trinajstić information content (AvgIpc) is 2.86. The zero-order valence-electron chi connectivity index (χ0n) is 10.6. The molecule has 0 radical (unpaired) electrons. The zero-order valence-corrected chi connectivity index (χ0v) is 11.5. The van der Waals surface area contributed by atoms with Crippen LogP contribution < -0.4 is 5.32 Å². The monoisotopic (exact) mass is 263 g/mol. The summed E-state index contributed by atoms with van der Waals surface area (Å²) in [6.45, 7) is 0.933. The minimum Gasteiger partial charge on any atom is -0.334 e. The molecule has 96 valence electrons. The normalized spacial score (nSPS) is 10.8. The molecule has 5 heteroatoms. The topological polar surface area (TPSA) is 51.0 Å². The summed E-state index contributed by atoms with van der Waals surface area (Å²) in [7, 11) is 1.95. The summed E-state index contributed by atoms with van der Waals surface area (Å²) < 4.78 is 5.33. The minimum atomic E-state index is 0.616. The van der Waals surface area contributed by atoms with Crippen LogP contribution in [-0.4, -0.2) is 30.0 Å². The van der Waals surface area contributed by atoms with E-state index in [2.05, 4.69) is 21.5 Å². The van der Waals surface area contributed by atoms with E-state index in [1.165, 1.54) is 5.56 Å². The molecule has 18 heavy (non-hydrogen) atoms. The first-order chi connectivity index (χ1) is 8.85. The minimum absolute atomic E-state index is 0.616. The second-order valence-corrected chi connectivity index (χ2v) is 4.83. The molecular formula is C13H17N3OS. The van der Waals surface area contributed by atoms with Gasteiger partial charge in [-0.3, -0.25) is 0 Å². The summed E-state index contributed by atoms with van der Waals surface area (Å²) in [5, 5.41) is 7.13. The molecule has 0 aliphatic carbocycles. The van der Waals surface area contributed by atoms with Gasteiger partial charge in [0.15, 0.2) is 5.82 Å². The summed E-state index contributed by atoms with van der Waals surface area (Å²) in [5.41, 5.74) is 2.26. The molecule has 0 saturated heterocycles. The predicted octanol–water partition coefficient (Wildman–Crippen LogP) is 2.36. The Bertz CT molecular complexity index is 498. The molecule has 1 aromatic carbocycles. The van der Waals surface area contributed by atoms with Gasteiger partial charge < -0.3 is 9.84 Å². The molecule has 0 saturated carbocycles. The fraction of sp³-hybridized carbons (Fsp3) is 0.385. The highest BCUT2D eigenvalue weighted by Crippen LogP contribution is 2.22. The number of benzene rings is 1. The lowest BCUT2D eigenvalue weighted by molar-refractivity contribution is 0.425. The third-order valence-corrected chi connectivity index (χ3v) is 3.18. The van der Waals surface area contributed by atoms with Crippen LogP contribution in [0.4, 0.5) is 0 Å². The number of nitrogens with zero attached hydrogens (tertiary/aromatic N) is 2. The Morgan fingerprint density at radius 2 is 2.17 bits per heavy atom. The highest BCUT2D eigenvalue weighted by atomic mass is 32.2. The van der Waals surface area contributed by atoms with E-state index >= 15 is 0 Å². The fourth-order valence-corrected chi connectivity index (χ4v) is 2.13. The lowest BCUT2D eigenvalue weighted by atomic mass is 10.0. The molecule has 0 amide bonds. The van der Waals surface area contributed by atoms with E-state index in [-0.39, 0.29) is 0 Å². The number of likely N-dealkylation sites (N-methyl/N-ethyl adjacent to an activating group) is 1. The van der Waals surface area contributed by atoms with Crippen LogP contribution in [0.1, 0.15) is 11.4 Å². The third-order valence-electron chi connectivity index (χ3n) is 2.63. The first kappa shape index (κ1) is 13.1. The Labute approximate surface area is 111 Å². The Morgan fingerprint density at radius 3 is 2.94 bits per heavy atom. The summed E-state index contributed by atoms with van der Waals surface area (Å²) >= 11 is 1.69. The lowest BCUT2D eigenvalue weighted by Gasteiger charge is -2.05. The van der Waals surface area contributed by atoms with Gasteiger partial charge >= 0.3 is 0 Å². The van der Waals surface area contributed by atoms with Gasteiger partial charge in [0, 0.05) is 5.56 Å². The van der Waals surface area contributed by atoms with Gasteiger partial charge in [-0.2, -0.15) is 16.7 Å². The van der Waals surface area contributed by atoms with Gasteiger partial charge in [0.25, 0.3) is 5.89 Å². The molecule has 0 unspecified atom stereocenters. The van der Waals surface area contributed by atoms with Crippen LogP contribution in [-0.2, 0) is 12.2 Å². The number of hydrogen-bond acceptors (Lipinski definition) is 5. The van der Waals surface area contributed by atoms with Crippen molar-refractivity contribution in [2.45, 2.75) is 12.2 Å². The van der Waals surface area contributed by atoms with Gasteiger partial charge in [0.05, 0.1) is 5.75 Å². The smallest absolute Gasteiger partial charge is 0.258 e. The third kappa shape index (κ3) is 3.11. The second kappa shape index (κ2) is 6.56. The average molecular weight is 263 g/mol. The molecule has 0 spiro atoms. The SMILES string of the molecule is CNCCc1ccccc1-c1nc(CSC)no1. The van der Waals surface area contributed by atoms with Crippen LogP contribution in [0.5, 0.6) is 0 Å². The molecule has 0 aliphatic heterocycles. The van der Waals surface area contributed by atoms with Gasteiger partial charge in [-0.25, -0.2) is 0 Å². The lowest BCUT2D eigenvalue weighted by Crippen LogP contribution is -2.10. The summed E-state index contributed by atoms with van der Waals surface area (Å²) in [6.07, 6.45) is 2.98. The predicted molar refractivity (Wildman–Crippen MR) is 74.6 cm³/mol. The Kier molecular flexibility index (Phi) is 4.78. The quantitative estimate of drug-likeness (QED) is 0.867. The van der Waals surface area contributed by atoms with Crippen molar-refractivity contribution in [1.29, 1.82) is 0 Å².